The van der Waals surface area contributed by atoms with Crippen LogP contribution in [0.15, 0.2) is 28.9 Å². The molecule has 0 saturated carbocycles. The molecule has 1 atom stereocenters. The van der Waals surface area contributed by atoms with Gasteiger partial charge in [-0.25, -0.2) is 0 Å². The lowest BCUT2D eigenvalue weighted by molar-refractivity contribution is -0.135. The van der Waals surface area contributed by atoms with Crippen LogP contribution in [-0.4, -0.2) is 58.3 Å². The number of hydrogen-bond acceptors (Lipinski definition) is 5. The third-order valence-electron chi connectivity index (χ3n) is 5.46. The van der Waals surface area contributed by atoms with E-state index in [9.17, 15) is 4.79 Å². The molecule has 1 saturated heterocycles. The molecule has 2 aliphatic rings. The molecule has 0 bridgehead atoms. The van der Waals surface area contributed by atoms with E-state index in [2.05, 4.69) is 33.0 Å². The van der Waals surface area contributed by atoms with E-state index in [0.29, 0.717) is 12.6 Å². The Kier molecular flexibility index (Phi) is 5.59. The van der Waals surface area contributed by atoms with Gasteiger partial charge < -0.3 is 18.7 Å². The molecule has 0 unspecified atom stereocenters. The van der Waals surface area contributed by atoms with Crippen molar-refractivity contribution in [1.29, 1.82) is 0 Å². The molecule has 0 spiro atoms. The quantitative estimate of drug-likeness (QED) is 0.698. The first kappa shape index (κ1) is 18.3. The molecule has 7 heteroatoms. The van der Waals surface area contributed by atoms with E-state index in [1.165, 1.54) is 5.69 Å². The molecule has 0 radical (unpaired) electrons. The van der Waals surface area contributed by atoms with Gasteiger partial charge in [-0.2, -0.15) is 0 Å². The fourth-order valence-electron chi connectivity index (χ4n) is 4.11. The average molecular weight is 372 g/mol. The zero-order valence-electron chi connectivity index (χ0n) is 16.0. The maximum atomic E-state index is 12.1. The molecule has 0 aliphatic carbocycles. The number of fused-ring (bicyclic) bond motifs is 1. The summed E-state index contributed by atoms with van der Waals surface area (Å²) in [6.07, 6.45) is 5.27. The number of nitrogens with zero attached hydrogens (tertiary/aromatic N) is 4. The molecule has 7 nitrogen and oxygen atoms in total. The summed E-state index contributed by atoms with van der Waals surface area (Å²) in [7, 11) is 0. The van der Waals surface area contributed by atoms with Crippen LogP contribution >= 0.6 is 0 Å². The molecule has 1 fully saturated rings. The maximum Gasteiger partial charge on any atom is 0.248 e. The van der Waals surface area contributed by atoms with Crippen LogP contribution in [0.2, 0.25) is 0 Å². The van der Waals surface area contributed by atoms with E-state index in [1.807, 2.05) is 17.9 Å². The molecule has 146 valence electrons. The molecule has 2 aromatic heterocycles. The molecule has 27 heavy (non-hydrogen) atoms. The first-order valence-corrected chi connectivity index (χ1v) is 9.85. The van der Waals surface area contributed by atoms with E-state index in [0.717, 1.165) is 63.4 Å². The Morgan fingerprint density at radius 2 is 2.22 bits per heavy atom. The van der Waals surface area contributed by atoms with E-state index >= 15 is 0 Å². The van der Waals surface area contributed by atoms with Crippen molar-refractivity contribution < 1.29 is 14.1 Å². The molecule has 0 aromatic carbocycles. The fourth-order valence-corrected chi connectivity index (χ4v) is 4.11. The molecule has 0 N–H and O–H groups in total. The largest absolute Gasteiger partial charge is 0.372 e. The zero-order valence-corrected chi connectivity index (χ0v) is 16.0. The monoisotopic (exact) mass is 372 g/mol. The Balaban J connectivity index is 1.29. The second-order valence-corrected chi connectivity index (χ2v) is 7.59. The number of rotatable bonds is 7. The molecule has 2 aromatic rings. The summed E-state index contributed by atoms with van der Waals surface area (Å²) in [6, 6.07) is 6.61. The number of ether oxygens (including phenoxy) is 1. The number of likely N-dealkylation sites (tertiary alicyclic amines) is 1. The van der Waals surface area contributed by atoms with E-state index in [4.69, 9.17) is 9.26 Å². The summed E-state index contributed by atoms with van der Waals surface area (Å²) in [5, 5.41) is 4.12. The smallest absolute Gasteiger partial charge is 0.248 e. The van der Waals surface area contributed by atoms with Crippen LogP contribution in [-0.2, 0) is 22.6 Å². The van der Waals surface area contributed by atoms with Crippen LogP contribution in [0.4, 0.5) is 0 Å². The summed E-state index contributed by atoms with van der Waals surface area (Å²) in [5.41, 5.74) is 2.28. The predicted octanol–water partition coefficient (Wildman–Crippen LogP) is 2.37. The Bertz CT molecular complexity index is 763. The van der Waals surface area contributed by atoms with E-state index < -0.39 is 0 Å². The molecular weight excluding hydrogens is 344 g/mol. The zero-order chi connectivity index (χ0) is 18.6. The molecule has 4 rings (SSSR count). The van der Waals surface area contributed by atoms with Crippen molar-refractivity contribution in [2.24, 2.45) is 0 Å². The third kappa shape index (κ3) is 4.42. The van der Waals surface area contributed by atoms with Gasteiger partial charge in [0.25, 0.3) is 0 Å². The van der Waals surface area contributed by atoms with Gasteiger partial charge >= 0.3 is 0 Å². The lowest BCUT2D eigenvalue weighted by atomic mass is 10.1. The van der Waals surface area contributed by atoms with Crippen molar-refractivity contribution in [3.05, 3.63) is 41.5 Å². The highest BCUT2D eigenvalue weighted by Gasteiger charge is 2.25. The van der Waals surface area contributed by atoms with Crippen LogP contribution in [0, 0.1) is 6.92 Å². The number of carbonyl (C=O) groups is 1. The summed E-state index contributed by atoms with van der Waals surface area (Å²) in [6.45, 7) is 7.11. The van der Waals surface area contributed by atoms with Gasteiger partial charge in [0.05, 0.1) is 5.69 Å². The van der Waals surface area contributed by atoms with Gasteiger partial charge in [-0.3, -0.25) is 9.69 Å². The van der Waals surface area contributed by atoms with Crippen LogP contribution in [0.5, 0.6) is 0 Å². The summed E-state index contributed by atoms with van der Waals surface area (Å²) in [5.74, 6) is 0.971. The van der Waals surface area contributed by atoms with Gasteiger partial charge in [0.1, 0.15) is 12.4 Å². The summed E-state index contributed by atoms with van der Waals surface area (Å²) in [4.78, 5) is 16.4. The Morgan fingerprint density at radius 1 is 1.37 bits per heavy atom. The van der Waals surface area contributed by atoms with Crippen LogP contribution < -0.4 is 0 Å². The Labute approximate surface area is 159 Å². The standard InChI is InChI=1S/C20H28N4O3/c1-16-11-17(21-27-16)12-22-13-18-5-4-9-24(18)19(14-22)6-10-26-15-20(25)23-7-2-3-8-23/h4-5,9,11,19H,2-3,6-8,10,12-15H2,1H3/t19-/m1/s1. The van der Waals surface area contributed by atoms with Crippen molar-refractivity contribution in [1.82, 2.24) is 19.5 Å². The fraction of sp³-hybridized carbons (Fsp3) is 0.600. The number of hydrogen-bond donors (Lipinski definition) is 0. The number of carbonyl (C=O) groups excluding carboxylic acids is 1. The second kappa shape index (κ2) is 8.27. The average Bonchev–Trinajstić information content (AvgIpc) is 3.40. The molecular formula is C20H28N4O3. The third-order valence-corrected chi connectivity index (χ3v) is 5.46. The van der Waals surface area contributed by atoms with E-state index in [-0.39, 0.29) is 12.5 Å². The minimum Gasteiger partial charge on any atom is -0.372 e. The highest BCUT2D eigenvalue weighted by molar-refractivity contribution is 5.77. The first-order chi connectivity index (χ1) is 13.2. The molecule has 2 aliphatic heterocycles. The van der Waals surface area contributed by atoms with Crippen LogP contribution in [0.25, 0.3) is 0 Å². The van der Waals surface area contributed by atoms with Crippen LogP contribution in [0.3, 0.4) is 0 Å². The van der Waals surface area contributed by atoms with Gasteiger partial charge in [-0.1, -0.05) is 5.16 Å². The van der Waals surface area contributed by atoms with Crippen molar-refractivity contribution in [2.75, 3.05) is 32.8 Å². The SMILES string of the molecule is Cc1cc(CN2Cc3cccn3[C@H](CCOCC(=O)N3CCCC3)C2)no1. The van der Waals surface area contributed by atoms with Crippen molar-refractivity contribution in [3.63, 3.8) is 0 Å². The lowest BCUT2D eigenvalue weighted by Gasteiger charge is -2.34. The maximum absolute atomic E-state index is 12.1. The molecule has 1 amide bonds. The summed E-state index contributed by atoms with van der Waals surface area (Å²) < 4.78 is 13.2. The van der Waals surface area contributed by atoms with Crippen molar-refractivity contribution >= 4 is 5.91 Å². The van der Waals surface area contributed by atoms with Gasteiger partial charge in [0.2, 0.25) is 5.91 Å². The predicted molar refractivity (Wildman–Crippen MR) is 100 cm³/mol. The van der Waals surface area contributed by atoms with Gasteiger partial charge in [0, 0.05) is 63.3 Å². The van der Waals surface area contributed by atoms with E-state index in [1.54, 1.807) is 0 Å². The summed E-state index contributed by atoms with van der Waals surface area (Å²) >= 11 is 0. The second-order valence-electron chi connectivity index (χ2n) is 7.59. The normalized spacial score (nSPS) is 20.2. The number of aromatic nitrogens is 2. The topological polar surface area (TPSA) is 63.7 Å². The van der Waals surface area contributed by atoms with Crippen molar-refractivity contribution in [3.8, 4) is 0 Å². The highest BCUT2D eigenvalue weighted by atomic mass is 16.5. The minimum atomic E-state index is 0.126. The molecule has 4 heterocycles. The Morgan fingerprint density at radius 3 is 3.00 bits per heavy atom. The van der Waals surface area contributed by atoms with Gasteiger partial charge in [0.15, 0.2) is 0 Å². The number of amides is 1. The minimum absolute atomic E-state index is 0.126. The van der Waals surface area contributed by atoms with Gasteiger partial charge in [-0.05, 0) is 38.3 Å². The Hall–Kier alpha value is -2.12. The first-order valence-electron chi connectivity index (χ1n) is 9.85. The van der Waals surface area contributed by atoms with Gasteiger partial charge in [-0.15, -0.1) is 0 Å². The lowest BCUT2D eigenvalue weighted by Crippen LogP contribution is -2.37. The van der Waals surface area contributed by atoms with Crippen LogP contribution in [0.1, 0.15) is 42.5 Å². The highest BCUT2D eigenvalue weighted by Crippen LogP contribution is 2.25. The number of aryl methyl sites for hydroxylation is 1. The van der Waals surface area contributed by atoms with Crippen molar-refractivity contribution in [2.45, 2.75) is 45.3 Å².